The van der Waals surface area contributed by atoms with Crippen molar-refractivity contribution >= 4 is 33.6 Å². The van der Waals surface area contributed by atoms with Gasteiger partial charge < -0.3 is 20.4 Å². The van der Waals surface area contributed by atoms with Crippen molar-refractivity contribution in [2.75, 3.05) is 18.4 Å². The second kappa shape index (κ2) is 6.44. The number of aliphatic hydroxyl groups is 1. The Hall–Kier alpha value is -1.60. The molecule has 3 N–H and O–H groups in total. The number of rotatable bonds is 2. The SMILES string of the molecule is CC1CCN(C(=O)Nc2c(Br)cccc2C(=O)O)CC1O. The lowest BCUT2D eigenvalue weighted by Gasteiger charge is -2.34. The van der Waals surface area contributed by atoms with Gasteiger partial charge in [0.15, 0.2) is 0 Å². The van der Waals surface area contributed by atoms with Crippen molar-refractivity contribution in [1.82, 2.24) is 4.90 Å². The van der Waals surface area contributed by atoms with E-state index in [1.54, 1.807) is 12.1 Å². The molecule has 0 bridgehead atoms. The van der Waals surface area contributed by atoms with Crippen molar-refractivity contribution in [1.29, 1.82) is 0 Å². The molecular weight excluding hydrogens is 340 g/mol. The van der Waals surface area contributed by atoms with Crippen LogP contribution in [0.25, 0.3) is 0 Å². The van der Waals surface area contributed by atoms with Gasteiger partial charge in [-0.3, -0.25) is 0 Å². The zero-order chi connectivity index (χ0) is 15.6. The second-order valence-electron chi connectivity index (χ2n) is 5.18. The smallest absolute Gasteiger partial charge is 0.337 e. The molecule has 2 rings (SSSR count). The van der Waals surface area contributed by atoms with Crippen LogP contribution in [0.1, 0.15) is 23.7 Å². The predicted molar refractivity (Wildman–Crippen MR) is 81.5 cm³/mol. The van der Waals surface area contributed by atoms with Gasteiger partial charge in [-0.25, -0.2) is 9.59 Å². The number of carbonyl (C=O) groups excluding carboxylic acids is 1. The maximum atomic E-state index is 12.2. The van der Waals surface area contributed by atoms with Crippen LogP contribution in [0.3, 0.4) is 0 Å². The predicted octanol–water partition coefficient (Wildman–Crippen LogP) is 2.38. The number of amides is 2. The van der Waals surface area contributed by atoms with Crippen LogP contribution in [0.2, 0.25) is 0 Å². The molecule has 21 heavy (non-hydrogen) atoms. The third-order valence-electron chi connectivity index (χ3n) is 3.68. The third-order valence-corrected chi connectivity index (χ3v) is 4.34. The Kier molecular flexibility index (Phi) is 4.84. The molecule has 1 heterocycles. The van der Waals surface area contributed by atoms with E-state index in [0.717, 1.165) is 6.42 Å². The lowest BCUT2D eigenvalue weighted by atomic mass is 9.96. The molecule has 1 fully saturated rings. The standard InChI is InChI=1S/C14H17BrN2O4/c1-8-5-6-17(7-11(8)18)14(21)16-12-9(13(19)20)3-2-4-10(12)15/h2-4,8,11,18H,5-7H2,1H3,(H,16,21)(H,19,20). The lowest BCUT2D eigenvalue weighted by molar-refractivity contribution is 0.0463. The van der Waals surface area contributed by atoms with E-state index in [4.69, 9.17) is 5.11 Å². The van der Waals surface area contributed by atoms with E-state index in [-0.39, 0.29) is 23.7 Å². The fraction of sp³-hybridized carbons (Fsp3) is 0.429. The van der Waals surface area contributed by atoms with Gasteiger partial charge >= 0.3 is 12.0 Å². The molecule has 114 valence electrons. The van der Waals surface area contributed by atoms with Gasteiger partial charge in [0.05, 0.1) is 17.4 Å². The molecule has 2 atom stereocenters. The largest absolute Gasteiger partial charge is 0.478 e. The van der Waals surface area contributed by atoms with Gasteiger partial charge in [-0.05, 0) is 40.4 Å². The van der Waals surface area contributed by atoms with Crippen molar-refractivity contribution in [3.63, 3.8) is 0 Å². The highest BCUT2D eigenvalue weighted by atomic mass is 79.9. The first-order valence-corrected chi connectivity index (χ1v) is 7.45. The molecule has 0 aromatic heterocycles. The average Bonchev–Trinajstić information content (AvgIpc) is 2.43. The van der Waals surface area contributed by atoms with Crippen LogP contribution >= 0.6 is 15.9 Å². The van der Waals surface area contributed by atoms with Gasteiger partial charge in [0, 0.05) is 17.6 Å². The Morgan fingerprint density at radius 2 is 2.14 bits per heavy atom. The van der Waals surface area contributed by atoms with Gasteiger partial charge in [0.1, 0.15) is 0 Å². The Labute approximate surface area is 130 Å². The average molecular weight is 357 g/mol. The monoisotopic (exact) mass is 356 g/mol. The maximum absolute atomic E-state index is 12.2. The number of nitrogens with one attached hydrogen (secondary N) is 1. The summed E-state index contributed by atoms with van der Waals surface area (Å²) in [5, 5.41) is 21.6. The maximum Gasteiger partial charge on any atom is 0.337 e. The zero-order valence-corrected chi connectivity index (χ0v) is 13.1. The summed E-state index contributed by atoms with van der Waals surface area (Å²) in [4.78, 5) is 24.9. The molecule has 0 radical (unpaired) electrons. The number of piperidine rings is 1. The highest BCUT2D eigenvalue weighted by Crippen LogP contribution is 2.27. The quantitative estimate of drug-likeness (QED) is 0.758. The molecule has 1 aliphatic rings. The first-order chi connectivity index (χ1) is 9.90. The number of halogens is 1. The van der Waals surface area contributed by atoms with E-state index in [0.29, 0.717) is 11.0 Å². The summed E-state index contributed by atoms with van der Waals surface area (Å²) in [5.41, 5.74) is 0.242. The van der Waals surface area contributed by atoms with E-state index < -0.39 is 18.1 Å². The van der Waals surface area contributed by atoms with Crippen molar-refractivity contribution in [3.05, 3.63) is 28.2 Å². The van der Waals surface area contributed by atoms with Crippen molar-refractivity contribution in [2.24, 2.45) is 5.92 Å². The lowest BCUT2D eigenvalue weighted by Crippen LogP contribution is -2.47. The van der Waals surface area contributed by atoms with Crippen LogP contribution in [0, 0.1) is 5.92 Å². The molecule has 1 aromatic rings. The van der Waals surface area contributed by atoms with Gasteiger partial charge in [0.2, 0.25) is 0 Å². The van der Waals surface area contributed by atoms with E-state index in [1.807, 2.05) is 6.92 Å². The van der Waals surface area contributed by atoms with E-state index in [9.17, 15) is 14.7 Å². The molecular formula is C14H17BrN2O4. The van der Waals surface area contributed by atoms with Crippen LogP contribution in [0.5, 0.6) is 0 Å². The zero-order valence-electron chi connectivity index (χ0n) is 11.5. The molecule has 1 saturated heterocycles. The molecule has 0 aliphatic carbocycles. The number of hydrogen-bond acceptors (Lipinski definition) is 3. The first kappa shape index (κ1) is 15.8. The Balaban J connectivity index is 2.15. The van der Waals surface area contributed by atoms with Crippen LogP contribution < -0.4 is 5.32 Å². The molecule has 1 aromatic carbocycles. The number of aliphatic hydroxyl groups excluding tert-OH is 1. The molecule has 0 saturated carbocycles. The number of nitrogens with zero attached hydrogens (tertiary/aromatic N) is 1. The van der Waals surface area contributed by atoms with Crippen LogP contribution in [-0.4, -0.2) is 46.3 Å². The minimum Gasteiger partial charge on any atom is -0.478 e. The molecule has 2 unspecified atom stereocenters. The number of anilines is 1. The first-order valence-electron chi connectivity index (χ1n) is 6.66. The van der Waals surface area contributed by atoms with Crippen LogP contribution in [0.15, 0.2) is 22.7 Å². The number of carboxylic acid groups (broad SMARTS) is 1. The van der Waals surface area contributed by atoms with Crippen LogP contribution in [-0.2, 0) is 0 Å². The molecule has 2 amide bonds. The van der Waals surface area contributed by atoms with Crippen molar-refractivity contribution < 1.29 is 19.8 Å². The Morgan fingerprint density at radius 3 is 2.76 bits per heavy atom. The summed E-state index contributed by atoms with van der Waals surface area (Å²) in [7, 11) is 0. The van der Waals surface area contributed by atoms with E-state index >= 15 is 0 Å². The van der Waals surface area contributed by atoms with Gasteiger partial charge in [-0.2, -0.15) is 0 Å². The van der Waals surface area contributed by atoms with E-state index in [1.165, 1.54) is 11.0 Å². The fourth-order valence-electron chi connectivity index (χ4n) is 2.25. The van der Waals surface area contributed by atoms with Crippen molar-refractivity contribution in [2.45, 2.75) is 19.4 Å². The normalized spacial score (nSPS) is 22.0. The van der Waals surface area contributed by atoms with Crippen molar-refractivity contribution in [3.8, 4) is 0 Å². The summed E-state index contributed by atoms with van der Waals surface area (Å²) in [6.45, 7) is 2.73. The number of aromatic carboxylic acids is 1. The Morgan fingerprint density at radius 1 is 1.43 bits per heavy atom. The number of β-amino-alcohol motifs (C(OH)–C–C–N with tert-alkyl or cyclic N) is 1. The van der Waals surface area contributed by atoms with Gasteiger partial charge in [0.25, 0.3) is 0 Å². The van der Waals surface area contributed by atoms with Gasteiger partial charge in [-0.15, -0.1) is 0 Å². The molecule has 0 spiro atoms. The number of carbonyl (C=O) groups is 2. The second-order valence-corrected chi connectivity index (χ2v) is 6.03. The number of carboxylic acids is 1. The third kappa shape index (κ3) is 3.54. The summed E-state index contributed by atoms with van der Waals surface area (Å²) in [6.07, 6.45) is 0.165. The van der Waals surface area contributed by atoms with Crippen LogP contribution in [0.4, 0.5) is 10.5 Å². The molecule has 7 heteroatoms. The molecule has 6 nitrogen and oxygen atoms in total. The summed E-state index contributed by atoms with van der Waals surface area (Å²) in [6, 6.07) is 4.27. The number of urea groups is 1. The minimum absolute atomic E-state index is 0.0173. The fourth-order valence-corrected chi connectivity index (χ4v) is 2.71. The minimum atomic E-state index is -1.11. The topological polar surface area (TPSA) is 89.9 Å². The number of hydrogen-bond donors (Lipinski definition) is 3. The molecule has 1 aliphatic heterocycles. The number of benzene rings is 1. The highest BCUT2D eigenvalue weighted by Gasteiger charge is 2.28. The number of likely N-dealkylation sites (tertiary alicyclic amines) is 1. The number of para-hydroxylation sites is 1. The Bertz CT molecular complexity index is 564. The summed E-state index contributed by atoms with van der Waals surface area (Å²) in [5.74, 6) is -0.953. The highest BCUT2D eigenvalue weighted by molar-refractivity contribution is 9.10. The van der Waals surface area contributed by atoms with E-state index in [2.05, 4.69) is 21.2 Å². The van der Waals surface area contributed by atoms with Gasteiger partial charge in [-0.1, -0.05) is 13.0 Å². The summed E-state index contributed by atoms with van der Waals surface area (Å²) >= 11 is 3.24. The summed E-state index contributed by atoms with van der Waals surface area (Å²) < 4.78 is 0.502.